The summed E-state index contributed by atoms with van der Waals surface area (Å²) in [5.74, 6) is -0.366. The molecule has 1 amide bonds. The number of halogens is 1. The van der Waals surface area contributed by atoms with E-state index in [1.54, 1.807) is 12.3 Å². The molecular weight excluding hydrogens is 251 g/mol. The molecule has 0 spiro atoms. The largest absolute Gasteiger partial charge is 0.494 e. The van der Waals surface area contributed by atoms with Crippen molar-refractivity contribution in [3.63, 3.8) is 0 Å². The first-order valence-electron chi connectivity index (χ1n) is 5.51. The molecule has 0 bridgehead atoms. The number of amides is 1. The van der Waals surface area contributed by atoms with Gasteiger partial charge in [-0.2, -0.15) is 5.10 Å². The predicted octanol–water partition coefficient (Wildman–Crippen LogP) is 1.25. The molecule has 0 radical (unpaired) electrons. The van der Waals surface area contributed by atoms with Gasteiger partial charge in [-0.3, -0.25) is 9.48 Å². The summed E-state index contributed by atoms with van der Waals surface area (Å²) < 4.78 is 19.4. The lowest BCUT2D eigenvalue weighted by atomic mass is 10.3. The third-order valence-electron chi connectivity index (χ3n) is 2.40. The number of nitrogens with one attached hydrogen (secondary N) is 1. The van der Waals surface area contributed by atoms with E-state index in [0.717, 1.165) is 0 Å². The molecule has 0 fully saturated rings. The average Bonchev–Trinajstić information content (AvgIpc) is 2.77. The van der Waals surface area contributed by atoms with Crippen molar-refractivity contribution in [3.8, 4) is 5.75 Å². The van der Waals surface area contributed by atoms with Gasteiger partial charge in [-0.1, -0.05) is 0 Å². The van der Waals surface area contributed by atoms with E-state index in [2.05, 4.69) is 10.4 Å². The number of nitrogens with zero attached hydrogens (tertiary/aromatic N) is 2. The molecule has 1 aromatic heterocycles. The molecule has 0 aliphatic carbocycles. The van der Waals surface area contributed by atoms with Crippen molar-refractivity contribution in [1.82, 2.24) is 9.78 Å². The molecule has 0 aliphatic heterocycles. The van der Waals surface area contributed by atoms with E-state index in [4.69, 9.17) is 10.5 Å². The number of carbonyl (C=O) groups excluding carboxylic acids is 1. The van der Waals surface area contributed by atoms with E-state index in [1.807, 2.05) is 0 Å². The molecule has 6 nitrogen and oxygen atoms in total. The highest BCUT2D eigenvalue weighted by molar-refractivity contribution is 5.90. The lowest BCUT2D eigenvalue weighted by molar-refractivity contribution is -0.116. The van der Waals surface area contributed by atoms with Crippen LogP contribution in [0.5, 0.6) is 5.75 Å². The first kappa shape index (κ1) is 12.9. The standard InChI is InChI=1S/C12H13FN4O2/c1-19-10-6-8(2-3-9(10)13)15-12(18)7-17-5-4-11(14)16-17/h2-6H,7H2,1H3,(H2,14,16)(H,15,18). The second kappa shape index (κ2) is 5.38. The van der Waals surface area contributed by atoms with Crippen molar-refractivity contribution >= 4 is 17.4 Å². The fraction of sp³-hybridized carbons (Fsp3) is 0.167. The number of nitrogens with two attached hydrogens (primary N) is 1. The van der Waals surface area contributed by atoms with Crippen LogP contribution in [0.2, 0.25) is 0 Å². The summed E-state index contributed by atoms with van der Waals surface area (Å²) in [6.07, 6.45) is 1.60. The average molecular weight is 264 g/mol. The molecule has 100 valence electrons. The van der Waals surface area contributed by atoms with Gasteiger partial charge in [0.05, 0.1) is 7.11 Å². The number of hydrogen-bond acceptors (Lipinski definition) is 4. The Morgan fingerprint density at radius 1 is 1.53 bits per heavy atom. The Labute approximate surface area is 109 Å². The predicted molar refractivity (Wildman–Crippen MR) is 68.2 cm³/mol. The Morgan fingerprint density at radius 3 is 2.95 bits per heavy atom. The van der Waals surface area contributed by atoms with Crippen molar-refractivity contribution in [2.75, 3.05) is 18.2 Å². The third kappa shape index (κ3) is 3.21. The molecule has 1 heterocycles. The van der Waals surface area contributed by atoms with E-state index < -0.39 is 5.82 Å². The zero-order chi connectivity index (χ0) is 13.8. The van der Waals surface area contributed by atoms with Crippen LogP contribution < -0.4 is 15.8 Å². The molecule has 0 atom stereocenters. The van der Waals surface area contributed by atoms with Gasteiger partial charge in [0, 0.05) is 18.0 Å². The minimum atomic E-state index is -0.486. The summed E-state index contributed by atoms with van der Waals surface area (Å²) in [6, 6.07) is 5.67. The monoisotopic (exact) mass is 264 g/mol. The summed E-state index contributed by atoms with van der Waals surface area (Å²) >= 11 is 0. The summed E-state index contributed by atoms with van der Waals surface area (Å²) in [6.45, 7) is 0.0247. The summed E-state index contributed by atoms with van der Waals surface area (Å²) in [7, 11) is 1.36. The maximum Gasteiger partial charge on any atom is 0.246 e. The molecule has 0 saturated carbocycles. The van der Waals surface area contributed by atoms with E-state index >= 15 is 0 Å². The van der Waals surface area contributed by atoms with Crippen LogP contribution in [0.3, 0.4) is 0 Å². The fourth-order valence-corrected chi connectivity index (χ4v) is 1.55. The Kier molecular flexibility index (Phi) is 3.65. The second-order valence-corrected chi connectivity index (χ2v) is 3.84. The van der Waals surface area contributed by atoms with Crippen LogP contribution in [0.25, 0.3) is 0 Å². The summed E-state index contributed by atoms with van der Waals surface area (Å²) in [5, 5.41) is 6.50. The minimum absolute atomic E-state index is 0.0247. The molecule has 19 heavy (non-hydrogen) atoms. The van der Waals surface area contributed by atoms with E-state index in [9.17, 15) is 9.18 Å². The number of aromatic nitrogens is 2. The van der Waals surface area contributed by atoms with Crippen LogP contribution >= 0.6 is 0 Å². The molecule has 2 aromatic rings. The maximum atomic E-state index is 13.2. The van der Waals surface area contributed by atoms with Gasteiger partial charge in [-0.25, -0.2) is 4.39 Å². The van der Waals surface area contributed by atoms with Crippen molar-refractivity contribution in [3.05, 3.63) is 36.3 Å². The fourth-order valence-electron chi connectivity index (χ4n) is 1.55. The lowest BCUT2D eigenvalue weighted by Gasteiger charge is -2.07. The highest BCUT2D eigenvalue weighted by Gasteiger charge is 2.07. The zero-order valence-corrected chi connectivity index (χ0v) is 10.3. The number of nitrogen functional groups attached to an aromatic ring is 1. The van der Waals surface area contributed by atoms with Crippen LogP contribution in [0.1, 0.15) is 0 Å². The van der Waals surface area contributed by atoms with Gasteiger partial charge in [0.2, 0.25) is 5.91 Å². The summed E-state index contributed by atoms with van der Waals surface area (Å²) in [4.78, 5) is 11.7. The van der Waals surface area contributed by atoms with Crippen LogP contribution in [0, 0.1) is 5.82 Å². The van der Waals surface area contributed by atoms with Gasteiger partial charge in [0.15, 0.2) is 11.6 Å². The number of ether oxygens (including phenoxy) is 1. The van der Waals surface area contributed by atoms with Gasteiger partial charge in [-0.15, -0.1) is 0 Å². The highest BCUT2D eigenvalue weighted by Crippen LogP contribution is 2.21. The molecule has 1 aromatic carbocycles. The topological polar surface area (TPSA) is 82.2 Å². The highest BCUT2D eigenvalue weighted by atomic mass is 19.1. The molecule has 0 saturated heterocycles. The molecule has 2 rings (SSSR count). The van der Waals surface area contributed by atoms with Gasteiger partial charge in [-0.05, 0) is 18.2 Å². The number of rotatable bonds is 4. The van der Waals surface area contributed by atoms with Crippen molar-refractivity contribution in [2.45, 2.75) is 6.54 Å². The summed E-state index contributed by atoms with van der Waals surface area (Å²) in [5.41, 5.74) is 5.89. The number of methoxy groups -OCH3 is 1. The van der Waals surface area contributed by atoms with E-state index in [-0.39, 0.29) is 18.2 Å². The number of benzene rings is 1. The van der Waals surface area contributed by atoms with Crippen molar-refractivity contribution in [2.24, 2.45) is 0 Å². The minimum Gasteiger partial charge on any atom is -0.494 e. The SMILES string of the molecule is COc1cc(NC(=O)Cn2ccc(N)n2)ccc1F. The van der Waals surface area contributed by atoms with Gasteiger partial charge in [0.1, 0.15) is 12.4 Å². The lowest BCUT2D eigenvalue weighted by Crippen LogP contribution is -2.19. The van der Waals surface area contributed by atoms with Crippen LogP contribution in [-0.2, 0) is 11.3 Å². The second-order valence-electron chi connectivity index (χ2n) is 3.84. The first-order valence-corrected chi connectivity index (χ1v) is 5.51. The smallest absolute Gasteiger partial charge is 0.246 e. The van der Waals surface area contributed by atoms with Gasteiger partial charge >= 0.3 is 0 Å². The number of hydrogen-bond donors (Lipinski definition) is 2. The molecular formula is C12H13FN4O2. The third-order valence-corrected chi connectivity index (χ3v) is 2.40. The first-order chi connectivity index (χ1) is 9.08. The zero-order valence-electron chi connectivity index (χ0n) is 10.3. The van der Waals surface area contributed by atoms with Crippen molar-refractivity contribution in [1.29, 1.82) is 0 Å². The van der Waals surface area contributed by atoms with Gasteiger partial charge < -0.3 is 15.8 Å². The maximum absolute atomic E-state index is 13.2. The van der Waals surface area contributed by atoms with E-state index in [0.29, 0.717) is 11.5 Å². The molecule has 7 heteroatoms. The normalized spacial score (nSPS) is 10.2. The quantitative estimate of drug-likeness (QED) is 0.870. The Hall–Kier alpha value is -2.57. The van der Waals surface area contributed by atoms with Crippen LogP contribution in [-0.4, -0.2) is 22.8 Å². The van der Waals surface area contributed by atoms with Crippen LogP contribution in [0.4, 0.5) is 15.9 Å². The van der Waals surface area contributed by atoms with Gasteiger partial charge in [0.25, 0.3) is 0 Å². The number of carbonyl (C=O) groups is 1. The Morgan fingerprint density at radius 2 is 2.32 bits per heavy atom. The Balaban J connectivity index is 2.02. The van der Waals surface area contributed by atoms with Crippen molar-refractivity contribution < 1.29 is 13.9 Å². The van der Waals surface area contributed by atoms with E-state index in [1.165, 1.54) is 30.0 Å². The van der Waals surface area contributed by atoms with Crippen LogP contribution in [0.15, 0.2) is 30.5 Å². The Bertz CT molecular complexity index is 597. The number of anilines is 2. The molecule has 0 aliphatic rings. The molecule has 0 unspecified atom stereocenters. The molecule has 3 N–H and O–H groups in total.